The summed E-state index contributed by atoms with van der Waals surface area (Å²) in [6.07, 6.45) is -4.29. The summed E-state index contributed by atoms with van der Waals surface area (Å²) in [6.45, 7) is 0. The normalized spacial score (nSPS) is 11.6. The average molecular weight is 284 g/mol. The molecule has 1 heterocycles. The zero-order valence-corrected chi connectivity index (χ0v) is 10.3. The van der Waals surface area contributed by atoms with E-state index in [1.807, 2.05) is 0 Å². The molecule has 0 saturated carbocycles. The van der Waals surface area contributed by atoms with Gasteiger partial charge in [-0.25, -0.2) is 0 Å². The largest absolute Gasteiger partial charge is 0.481 e. The highest BCUT2D eigenvalue weighted by molar-refractivity contribution is 5.67. The molecule has 20 heavy (non-hydrogen) atoms. The molecular weight excluding hydrogens is 273 g/mol. The molecule has 0 saturated heterocycles. The Morgan fingerprint density at radius 2 is 1.95 bits per heavy atom. The molecule has 1 aromatic carbocycles. The van der Waals surface area contributed by atoms with Crippen LogP contribution in [0.15, 0.2) is 40.8 Å². The molecule has 0 radical (unpaired) electrons. The van der Waals surface area contributed by atoms with Crippen molar-refractivity contribution in [1.29, 1.82) is 0 Å². The monoisotopic (exact) mass is 284 g/mol. The SMILES string of the molecule is O=C(O)CCc1ccc(-c2cccc(C(F)(F)F)c2)o1. The third-order valence-electron chi connectivity index (χ3n) is 2.72. The highest BCUT2D eigenvalue weighted by atomic mass is 19.4. The van der Waals surface area contributed by atoms with Gasteiger partial charge < -0.3 is 9.52 Å². The molecule has 0 bridgehead atoms. The van der Waals surface area contributed by atoms with Crippen molar-refractivity contribution in [2.45, 2.75) is 19.0 Å². The van der Waals surface area contributed by atoms with E-state index >= 15 is 0 Å². The Hall–Kier alpha value is -2.24. The first-order valence-corrected chi connectivity index (χ1v) is 5.84. The molecule has 2 rings (SSSR count). The second kappa shape index (κ2) is 5.40. The van der Waals surface area contributed by atoms with Crippen molar-refractivity contribution in [3.8, 4) is 11.3 Å². The summed E-state index contributed by atoms with van der Waals surface area (Å²) in [4.78, 5) is 10.4. The predicted molar refractivity (Wildman–Crippen MR) is 65.1 cm³/mol. The number of furan rings is 1. The molecule has 0 spiro atoms. The molecule has 2 aromatic rings. The Labute approximate surface area is 112 Å². The van der Waals surface area contributed by atoms with Crippen molar-refractivity contribution in [2.24, 2.45) is 0 Å². The van der Waals surface area contributed by atoms with Crippen LogP contribution in [-0.4, -0.2) is 11.1 Å². The Kier molecular flexibility index (Phi) is 3.83. The highest BCUT2D eigenvalue weighted by Crippen LogP contribution is 2.32. The van der Waals surface area contributed by atoms with Crippen molar-refractivity contribution in [1.82, 2.24) is 0 Å². The molecule has 0 aliphatic carbocycles. The van der Waals surface area contributed by atoms with Gasteiger partial charge in [0, 0.05) is 12.0 Å². The van der Waals surface area contributed by atoms with E-state index in [1.165, 1.54) is 18.2 Å². The molecule has 1 N–H and O–H groups in total. The van der Waals surface area contributed by atoms with E-state index in [4.69, 9.17) is 9.52 Å². The van der Waals surface area contributed by atoms with Crippen LogP contribution < -0.4 is 0 Å². The van der Waals surface area contributed by atoms with Crippen LogP contribution in [0.2, 0.25) is 0 Å². The van der Waals surface area contributed by atoms with E-state index in [-0.39, 0.29) is 18.6 Å². The third kappa shape index (κ3) is 3.40. The minimum atomic E-state index is -4.41. The van der Waals surface area contributed by atoms with Gasteiger partial charge in [0.2, 0.25) is 0 Å². The fourth-order valence-corrected chi connectivity index (χ4v) is 1.75. The van der Waals surface area contributed by atoms with Gasteiger partial charge in [-0.15, -0.1) is 0 Å². The van der Waals surface area contributed by atoms with E-state index in [2.05, 4.69) is 0 Å². The van der Waals surface area contributed by atoms with Gasteiger partial charge in [0.05, 0.1) is 12.0 Å². The first kappa shape index (κ1) is 14.2. The number of alkyl halides is 3. The molecule has 0 amide bonds. The van der Waals surface area contributed by atoms with Gasteiger partial charge in [0.15, 0.2) is 0 Å². The number of hydrogen-bond donors (Lipinski definition) is 1. The van der Waals surface area contributed by atoms with Crippen LogP contribution in [-0.2, 0) is 17.4 Å². The Bertz CT molecular complexity index is 614. The summed E-state index contributed by atoms with van der Waals surface area (Å²) in [6, 6.07) is 7.90. The van der Waals surface area contributed by atoms with Crippen LogP contribution in [0, 0.1) is 0 Å². The lowest BCUT2D eigenvalue weighted by Crippen LogP contribution is -2.04. The number of rotatable bonds is 4. The smallest absolute Gasteiger partial charge is 0.416 e. The number of carboxylic acid groups (broad SMARTS) is 1. The minimum absolute atomic E-state index is 0.0878. The number of benzene rings is 1. The molecule has 1 aromatic heterocycles. The highest BCUT2D eigenvalue weighted by Gasteiger charge is 2.30. The maximum Gasteiger partial charge on any atom is 0.416 e. The summed E-state index contributed by atoms with van der Waals surface area (Å²) < 4.78 is 43.2. The van der Waals surface area contributed by atoms with E-state index < -0.39 is 17.7 Å². The van der Waals surface area contributed by atoms with Crippen molar-refractivity contribution < 1.29 is 27.5 Å². The van der Waals surface area contributed by atoms with Crippen LogP contribution >= 0.6 is 0 Å². The van der Waals surface area contributed by atoms with Crippen molar-refractivity contribution >= 4 is 5.97 Å². The van der Waals surface area contributed by atoms with Crippen LogP contribution in [0.4, 0.5) is 13.2 Å². The van der Waals surface area contributed by atoms with Crippen LogP contribution in [0.5, 0.6) is 0 Å². The molecule has 0 aliphatic rings. The Morgan fingerprint density at radius 3 is 2.60 bits per heavy atom. The first-order chi connectivity index (χ1) is 9.36. The van der Waals surface area contributed by atoms with Crippen molar-refractivity contribution in [3.05, 3.63) is 47.7 Å². The standard InChI is InChI=1S/C14H11F3O3/c15-14(16,17)10-3-1-2-9(8-10)12-6-4-11(20-12)5-7-13(18)19/h1-4,6,8H,5,7H2,(H,18,19). The molecule has 3 nitrogen and oxygen atoms in total. The number of aryl methyl sites for hydroxylation is 1. The van der Waals surface area contributed by atoms with Crippen LogP contribution in [0.3, 0.4) is 0 Å². The van der Waals surface area contributed by atoms with E-state index in [9.17, 15) is 18.0 Å². The number of aliphatic carboxylic acids is 1. The zero-order chi connectivity index (χ0) is 14.8. The lowest BCUT2D eigenvalue weighted by molar-refractivity contribution is -0.138. The molecule has 0 aliphatic heterocycles. The van der Waals surface area contributed by atoms with Crippen LogP contribution in [0.1, 0.15) is 17.7 Å². The van der Waals surface area contributed by atoms with Gasteiger partial charge in [0.25, 0.3) is 0 Å². The van der Waals surface area contributed by atoms with Gasteiger partial charge in [-0.2, -0.15) is 13.2 Å². The first-order valence-electron chi connectivity index (χ1n) is 5.84. The summed E-state index contributed by atoms with van der Waals surface area (Å²) in [5.41, 5.74) is -0.445. The van der Waals surface area contributed by atoms with Crippen LogP contribution in [0.25, 0.3) is 11.3 Å². The molecule has 0 atom stereocenters. The van der Waals surface area contributed by atoms with E-state index in [0.29, 0.717) is 11.3 Å². The Balaban J connectivity index is 2.22. The lowest BCUT2D eigenvalue weighted by Gasteiger charge is -2.07. The number of halogens is 3. The summed E-state index contributed by atoms with van der Waals surface area (Å²) in [5, 5.41) is 8.56. The molecule has 0 unspecified atom stereocenters. The van der Waals surface area contributed by atoms with Gasteiger partial charge in [-0.1, -0.05) is 12.1 Å². The van der Waals surface area contributed by atoms with Gasteiger partial charge in [0.1, 0.15) is 11.5 Å². The fraction of sp³-hybridized carbons (Fsp3) is 0.214. The molecule has 106 valence electrons. The Morgan fingerprint density at radius 1 is 1.20 bits per heavy atom. The summed E-state index contributed by atoms with van der Waals surface area (Å²) in [5.74, 6) is -0.238. The number of hydrogen-bond acceptors (Lipinski definition) is 2. The topological polar surface area (TPSA) is 50.4 Å². The van der Waals surface area contributed by atoms with E-state index in [1.54, 1.807) is 6.07 Å². The second-order valence-electron chi connectivity index (χ2n) is 4.24. The average Bonchev–Trinajstić information content (AvgIpc) is 2.84. The fourth-order valence-electron chi connectivity index (χ4n) is 1.75. The van der Waals surface area contributed by atoms with Gasteiger partial charge in [-0.05, 0) is 24.3 Å². The quantitative estimate of drug-likeness (QED) is 0.923. The van der Waals surface area contributed by atoms with Crippen molar-refractivity contribution in [2.75, 3.05) is 0 Å². The molecule has 0 fully saturated rings. The minimum Gasteiger partial charge on any atom is -0.481 e. The van der Waals surface area contributed by atoms with E-state index in [0.717, 1.165) is 12.1 Å². The number of carbonyl (C=O) groups is 1. The number of carboxylic acids is 1. The predicted octanol–water partition coefficient (Wildman–Crippen LogP) is 3.98. The second-order valence-corrected chi connectivity index (χ2v) is 4.24. The van der Waals surface area contributed by atoms with Crippen molar-refractivity contribution in [3.63, 3.8) is 0 Å². The third-order valence-corrected chi connectivity index (χ3v) is 2.72. The molecule has 6 heteroatoms. The molecular formula is C14H11F3O3. The summed E-state index contributed by atoms with van der Waals surface area (Å²) >= 11 is 0. The summed E-state index contributed by atoms with van der Waals surface area (Å²) in [7, 11) is 0. The van der Waals surface area contributed by atoms with Gasteiger partial charge >= 0.3 is 12.1 Å². The lowest BCUT2D eigenvalue weighted by atomic mass is 10.1. The van der Waals surface area contributed by atoms with Gasteiger partial charge in [-0.3, -0.25) is 4.79 Å². The maximum absolute atomic E-state index is 12.6. The zero-order valence-electron chi connectivity index (χ0n) is 10.3. The maximum atomic E-state index is 12.6.